The Morgan fingerprint density at radius 3 is 1.48 bits per heavy atom. The average molecular weight is 927 g/mol. The molecule has 0 atom stereocenters. The van der Waals surface area contributed by atoms with Crippen molar-refractivity contribution in [2.75, 3.05) is 5.73 Å². The number of nitrogens with two attached hydrogens (primary N) is 1. The SMILES string of the molecule is Cc1cc(C(O)=Nc2ccc3c(O)c(N=Nc4ccc(C(O)=Nc5ccc6c(O)c(N=Nc7ccccc7C(=O)O)c(S(=O)(=O)O)cc6c5)cc4C)c(S(=O)(=O)O)cc3c2)ccc1N.[Na]. The van der Waals surface area contributed by atoms with Gasteiger partial charge in [0.25, 0.3) is 20.2 Å². The molecule has 0 fully saturated rings. The number of carbonyl (C=O) groups is 1. The number of aliphatic hydroxyl groups is 2. The topological polar surface area (TPSA) is 327 Å². The fourth-order valence-corrected chi connectivity index (χ4v) is 7.76. The average Bonchev–Trinajstić information content (AvgIpc) is 3.23. The van der Waals surface area contributed by atoms with Crippen molar-refractivity contribution in [2.45, 2.75) is 23.6 Å². The van der Waals surface area contributed by atoms with E-state index in [9.17, 15) is 56.3 Å². The maximum atomic E-state index is 12.5. The molecule has 1 radical (unpaired) electrons. The first-order chi connectivity index (χ1) is 30.2. The molecular weight excluding hydrogens is 894 g/mol. The van der Waals surface area contributed by atoms with Crippen LogP contribution in [-0.2, 0) is 20.2 Å². The van der Waals surface area contributed by atoms with Gasteiger partial charge in [0, 0.05) is 57.1 Å². The molecule has 325 valence electrons. The van der Waals surface area contributed by atoms with Gasteiger partial charge < -0.3 is 31.3 Å². The predicted octanol–water partition coefficient (Wildman–Crippen LogP) is 9.52. The maximum absolute atomic E-state index is 12.5. The Bertz CT molecular complexity index is 3470. The number of aromatic carboxylic acids is 1. The number of hydrogen-bond acceptors (Lipinski definition) is 14. The molecular formula is C43H33N7NaO12S2. The van der Waals surface area contributed by atoms with Gasteiger partial charge in [-0.05, 0) is 133 Å². The number of benzene rings is 7. The second-order valence-corrected chi connectivity index (χ2v) is 16.9. The number of aliphatic hydroxyl groups excluding tert-OH is 2. The number of carboxylic acids is 1. The Morgan fingerprint density at radius 2 is 1.02 bits per heavy atom. The van der Waals surface area contributed by atoms with Crippen LogP contribution in [0.25, 0.3) is 21.5 Å². The van der Waals surface area contributed by atoms with Crippen molar-refractivity contribution in [1.82, 2.24) is 0 Å². The van der Waals surface area contributed by atoms with Crippen LogP contribution < -0.4 is 5.73 Å². The summed E-state index contributed by atoms with van der Waals surface area (Å²) >= 11 is 0. The Balaban J connectivity index is 0.00000700. The van der Waals surface area contributed by atoms with Gasteiger partial charge in [-0.3, -0.25) is 9.11 Å². The summed E-state index contributed by atoms with van der Waals surface area (Å²) in [6.45, 7) is 3.35. The van der Waals surface area contributed by atoms with Gasteiger partial charge in [-0.1, -0.05) is 12.1 Å². The van der Waals surface area contributed by atoms with Gasteiger partial charge in [-0.25, -0.2) is 14.8 Å². The first-order valence-corrected chi connectivity index (χ1v) is 21.3. The number of nitrogen functional groups attached to an aromatic ring is 1. The van der Waals surface area contributed by atoms with Gasteiger partial charge in [0.2, 0.25) is 11.8 Å². The molecule has 0 aliphatic rings. The Kier molecular flexibility index (Phi) is 13.5. The Hall–Kier alpha value is -7.11. The van der Waals surface area contributed by atoms with E-state index in [0.717, 1.165) is 12.1 Å². The van der Waals surface area contributed by atoms with Gasteiger partial charge in [0.1, 0.15) is 26.9 Å². The van der Waals surface area contributed by atoms with Gasteiger partial charge in [-0.2, -0.15) is 21.9 Å². The number of hydrogen-bond donors (Lipinski definition) is 8. The van der Waals surface area contributed by atoms with Crippen LogP contribution in [0, 0.1) is 13.8 Å². The minimum Gasteiger partial charge on any atom is -0.505 e. The number of phenols is 2. The molecule has 0 amide bonds. The molecule has 19 nitrogen and oxygen atoms in total. The molecule has 0 aliphatic heterocycles. The molecule has 7 rings (SSSR count). The normalized spacial score (nSPS) is 12.6. The number of azo groups is 2. The monoisotopic (exact) mass is 926 g/mol. The number of aliphatic imine (C=N–C) groups is 2. The van der Waals surface area contributed by atoms with E-state index in [2.05, 4.69) is 30.4 Å². The molecule has 0 heterocycles. The number of aromatic hydroxyl groups is 2. The number of anilines is 1. The second kappa shape index (κ2) is 18.5. The fraction of sp³-hybridized carbons (Fsp3) is 0.0465. The van der Waals surface area contributed by atoms with E-state index < -0.39 is 64.8 Å². The van der Waals surface area contributed by atoms with Gasteiger partial charge in [-0.15, -0.1) is 15.3 Å². The molecule has 0 unspecified atom stereocenters. The number of aryl methyl sites for hydroxylation is 2. The van der Waals surface area contributed by atoms with Crippen molar-refractivity contribution in [1.29, 1.82) is 0 Å². The molecule has 7 aromatic rings. The third kappa shape index (κ3) is 10.2. The van der Waals surface area contributed by atoms with E-state index in [-0.39, 0.29) is 90.9 Å². The number of phenolic OH excluding ortho intramolecular Hbond substituents is 2. The molecule has 9 N–H and O–H groups in total. The zero-order chi connectivity index (χ0) is 46.2. The van der Waals surface area contributed by atoms with E-state index in [1.54, 1.807) is 32.0 Å². The van der Waals surface area contributed by atoms with Crippen LogP contribution in [0.3, 0.4) is 0 Å². The third-order valence-corrected chi connectivity index (χ3v) is 11.5. The van der Waals surface area contributed by atoms with Crippen LogP contribution in [0.5, 0.6) is 11.5 Å². The number of rotatable bonds is 11. The number of fused-ring (bicyclic) bond motifs is 2. The van der Waals surface area contributed by atoms with Gasteiger partial charge in [0.05, 0.1) is 22.6 Å². The summed E-state index contributed by atoms with van der Waals surface area (Å²) in [6.07, 6.45) is 0. The maximum Gasteiger partial charge on any atom is 0.337 e. The molecule has 0 saturated heterocycles. The van der Waals surface area contributed by atoms with Crippen LogP contribution >= 0.6 is 0 Å². The van der Waals surface area contributed by atoms with Crippen molar-refractivity contribution in [3.63, 3.8) is 0 Å². The minimum atomic E-state index is -5.03. The van der Waals surface area contributed by atoms with Crippen molar-refractivity contribution in [3.8, 4) is 11.5 Å². The van der Waals surface area contributed by atoms with Gasteiger partial charge >= 0.3 is 5.97 Å². The van der Waals surface area contributed by atoms with Crippen LogP contribution in [0.1, 0.15) is 32.6 Å². The summed E-state index contributed by atoms with van der Waals surface area (Å²) in [6, 6.07) is 24.9. The molecule has 65 heavy (non-hydrogen) atoms. The fourth-order valence-electron chi connectivity index (χ4n) is 6.45. The van der Waals surface area contributed by atoms with Crippen molar-refractivity contribution >= 4 is 129 Å². The van der Waals surface area contributed by atoms with E-state index in [4.69, 9.17) is 5.73 Å². The quantitative estimate of drug-likeness (QED) is 0.0150. The first kappa shape index (κ1) is 47.4. The largest absolute Gasteiger partial charge is 0.505 e. The van der Waals surface area contributed by atoms with E-state index in [0.29, 0.717) is 22.4 Å². The molecule has 0 spiro atoms. The smallest absolute Gasteiger partial charge is 0.337 e. The zero-order valence-corrected chi connectivity index (χ0v) is 37.8. The zero-order valence-electron chi connectivity index (χ0n) is 34.1. The molecule has 0 saturated carbocycles. The summed E-state index contributed by atoms with van der Waals surface area (Å²) in [4.78, 5) is 18.3. The summed E-state index contributed by atoms with van der Waals surface area (Å²) in [5, 5.41) is 69.3. The van der Waals surface area contributed by atoms with Crippen molar-refractivity contribution < 1.29 is 56.3 Å². The first-order valence-electron chi connectivity index (χ1n) is 18.4. The van der Waals surface area contributed by atoms with Crippen LogP contribution in [0.2, 0.25) is 0 Å². The standard InChI is InChI=1S/C43H33N7O12S2.Na/c1-21-15-23(7-13-32(21)44)41(53)45-27-9-11-29-25(17-27)19-35(63(57,58)59)37(39(29)51)49-47-33-14-8-24(16-22(33)2)42(54)46-28-10-12-30-26(18-28)20-36(64(60,61)62)38(40(30)52)50-48-34-6-4-3-5-31(34)43(55)56;/h3-20,51-52H,44H2,1-2H3,(H,45,53)(H,46,54)(H,55,56)(H,57,58,59)(H,60,61,62);. The van der Waals surface area contributed by atoms with E-state index >= 15 is 0 Å². The van der Waals surface area contributed by atoms with Crippen molar-refractivity contribution in [2.24, 2.45) is 30.4 Å². The van der Waals surface area contributed by atoms with Crippen LogP contribution in [-0.4, -0.2) is 98.8 Å². The summed E-state index contributed by atoms with van der Waals surface area (Å²) in [7, 11) is -10.0. The Labute approximate surface area is 391 Å². The Morgan fingerprint density at radius 1 is 0.554 bits per heavy atom. The number of nitrogens with zero attached hydrogens (tertiary/aromatic N) is 6. The molecule has 7 aromatic carbocycles. The molecule has 0 bridgehead atoms. The molecule has 22 heteroatoms. The van der Waals surface area contributed by atoms with Crippen LogP contribution in [0.4, 0.5) is 39.8 Å². The van der Waals surface area contributed by atoms with Crippen LogP contribution in [0.15, 0.2) is 149 Å². The molecule has 0 aromatic heterocycles. The summed E-state index contributed by atoms with van der Waals surface area (Å²) in [5.74, 6) is -3.53. The minimum absolute atomic E-state index is 0. The summed E-state index contributed by atoms with van der Waals surface area (Å²) < 4.78 is 70.0. The predicted molar refractivity (Wildman–Crippen MR) is 243 cm³/mol. The number of carboxylic acid groups (broad SMARTS) is 1. The molecule has 0 aliphatic carbocycles. The van der Waals surface area contributed by atoms with Gasteiger partial charge in [0.15, 0.2) is 11.5 Å². The van der Waals surface area contributed by atoms with Crippen molar-refractivity contribution in [3.05, 3.63) is 137 Å². The van der Waals surface area contributed by atoms with E-state index in [1.807, 2.05) is 0 Å². The van der Waals surface area contributed by atoms with E-state index in [1.165, 1.54) is 78.9 Å². The third-order valence-electron chi connectivity index (χ3n) is 9.73. The second-order valence-electron chi connectivity index (χ2n) is 14.1. The summed E-state index contributed by atoms with van der Waals surface area (Å²) in [5.41, 5.74) is 6.84.